The van der Waals surface area contributed by atoms with Crippen LogP contribution in [-0.2, 0) is 22.4 Å². The monoisotopic (exact) mass is 450 g/mol. The van der Waals surface area contributed by atoms with E-state index in [0.717, 1.165) is 24.3 Å². The average molecular weight is 450 g/mol. The van der Waals surface area contributed by atoms with Crippen LogP contribution in [0.4, 0.5) is 5.69 Å². The Bertz CT molecular complexity index is 1420. The molecule has 4 aromatic rings. The van der Waals surface area contributed by atoms with Crippen molar-refractivity contribution in [2.24, 2.45) is 0 Å². The SMILES string of the molecule is COC[C@H]1CN(c2ccc3c(=O)n(CCc4ccc5oc(=O)[nH]c5c4)c(C)nc3c2)CCO1. The minimum absolute atomic E-state index is 0.0289. The van der Waals surface area contributed by atoms with Crippen LogP contribution in [0.3, 0.4) is 0 Å². The van der Waals surface area contributed by atoms with Gasteiger partial charge in [-0.3, -0.25) is 14.3 Å². The highest BCUT2D eigenvalue weighted by atomic mass is 16.5. The molecule has 0 spiro atoms. The number of fused-ring (bicyclic) bond motifs is 2. The third-order valence-electron chi connectivity index (χ3n) is 6.09. The van der Waals surface area contributed by atoms with E-state index >= 15 is 0 Å². The summed E-state index contributed by atoms with van der Waals surface area (Å²) in [5.74, 6) is 0.195. The van der Waals surface area contributed by atoms with Gasteiger partial charge in [-0.15, -0.1) is 0 Å². The van der Waals surface area contributed by atoms with Crippen LogP contribution in [0.2, 0.25) is 0 Å². The van der Waals surface area contributed by atoms with Gasteiger partial charge in [-0.1, -0.05) is 6.07 Å². The maximum absolute atomic E-state index is 13.2. The number of nitrogens with zero attached hydrogens (tertiary/aromatic N) is 3. The number of ether oxygens (including phenoxy) is 2. The van der Waals surface area contributed by atoms with Gasteiger partial charge in [0.05, 0.1) is 35.7 Å². The summed E-state index contributed by atoms with van der Waals surface area (Å²) in [6.07, 6.45) is 0.658. The molecule has 0 unspecified atom stereocenters. The number of hydrogen-bond donors (Lipinski definition) is 1. The molecular formula is C24H26N4O5. The maximum Gasteiger partial charge on any atom is 0.417 e. The normalized spacial score (nSPS) is 16.7. The van der Waals surface area contributed by atoms with Gasteiger partial charge >= 0.3 is 5.76 Å². The van der Waals surface area contributed by atoms with Crippen LogP contribution in [0, 0.1) is 6.92 Å². The minimum atomic E-state index is -0.474. The lowest BCUT2D eigenvalue weighted by molar-refractivity contribution is -0.0100. The van der Waals surface area contributed by atoms with Crippen LogP contribution in [-0.4, -0.2) is 54.1 Å². The zero-order valence-corrected chi connectivity index (χ0v) is 18.7. The van der Waals surface area contributed by atoms with Crippen molar-refractivity contribution in [3.05, 3.63) is 68.7 Å². The Morgan fingerprint density at radius 2 is 2.09 bits per heavy atom. The number of rotatable bonds is 6. The summed E-state index contributed by atoms with van der Waals surface area (Å²) in [6, 6.07) is 11.4. The summed E-state index contributed by atoms with van der Waals surface area (Å²) < 4.78 is 17.7. The van der Waals surface area contributed by atoms with Crippen molar-refractivity contribution in [1.82, 2.24) is 14.5 Å². The maximum atomic E-state index is 13.2. The molecule has 0 saturated carbocycles. The van der Waals surface area contributed by atoms with E-state index in [9.17, 15) is 9.59 Å². The van der Waals surface area contributed by atoms with Crippen LogP contribution in [0.5, 0.6) is 0 Å². The van der Waals surface area contributed by atoms with E-state index in [4.69, 9.17) is 18.9 Å². The van der Waals surface area contributed by atoms with E-state index < -0.39 is 5.76 Å². The predicted octanol–water partition coefficient (Wildman–Crippen LogP) is 2.23. The molecule has 2 aromatic carbocycles. The number of hydrogen-bond acceptors (Lipinski definition) is 7. The van der Waals surface area contributed by atoms with Crippen molar-refractivity contribution in [1.29, 1.82) is 0 Å². The highest BCUT2D eigenvalue weighted by molar-refractivity contribution is 5.81. The second kappa shape index (κ2) is 8.84. The Morgan fingerprint density at radius 3 is 2.94 bits per heavy atom. The van der Waals surface area contributed by atoms with Gasteiger partial charge in [0, 0.05) is 32.4 Å². The number of anilines is 1. The average Bonchev–Trinajstić information content (AvgIpc) is 3.18. The summed E-state index contributed by atoms with van der Waals surface area (Å²) >= 11 is 0. The van der Waals surface area contributed by atoms with Gasteiger partial charge in [0.25, 0.3) is 5.56 Å². The van der Waals surface area contributed by atoms with Crippen LogP contribution >= 0.6 is 0 Å². The summed E-state index contributed by atoms with van der Waals surface area (Å²) in [5, 5.41) is 0.598. The van der Waals surface area contributed by atoms with E-state index in [1.54, 1.807) is 17.7 Å². The first-order chi connectivity index (χ1) is 16.0. The molecule has 9 heteroatoms. The van der Waals surface area contributed by atoms with Gasteiger partial charge in [-0.05, 0) is 49.2 Å². The Hall–Kier alpha value is -3.43. The minimum Gasteiger partial charge on any atom is -0.408 e. The molecule has 3 heterocycles. The van der Waals surface area contributed by atoms with Gasteiger partial charge in [0.2, 0.25) is 0 Å². The molecule has 1 atom stereocenters. The molecule has 1 fully saturated rings. The van der Waals surface area contributed by atoms with Gasteiger partial charge in [-0.25, -0.2) is 9.78 Å². The number of aromatic amines is 1. The lowest BCUT2D eigenvalue weighted by Crippen LogP contribution is -2.44. The molecule has 0 bridgehead atoms. The standard InChI is InChI=1S/C24H26N4O5/c1-15-25-20-12-17(27-9-10-32-18(13-27)14-31-2)4-5-19(20)23(29)28(15)8-7-16-3-6-22-21(11-16)26-24(30)33-22/h3-6,11-12,18H,7-10,13-14H2,1-2H3,(H,26,30)/t18-/m1/s1. The smallest absolute Gasteiger partial charge is 0.408 e. The number of morpholine rings is 1. The molecule has 0 amide bonds. The third kappa shape index (κ3) is 4.29. The number of methoxy groups -OCH3 is 1. The van der Waals surface area contributed by atoms with Crippen molar-refractivity contribution >= 4 is 27.7 Å². The lowest BCUT2D eigenvalue weighted by Gasteiger charge is -2.34. The summed E-state index contributed by atoms with van der Waals surface area (Å²) in [6.45, 7) is 5.06. The first-order valence-corrected chi connectivity index (χ1v) is 11.0. The van der Waals surface area contributed by atoms with E-state index in [1.165, 1.54) is 0 Å². The van der Waals surface area contributed by atoms with Gasteiger partial charge in [0.1, 0.15) is 5.82 Å². The fourth-order valence-electron chi connectivity index (χ4n) is 4.42. The number of nitrogens with one attached hydrogen (secondary N) is 1. The predicted molar refractivity (Wildman–Crippen MR) is 125 cm³/mol. The molecular weight excluding hydrogens is 424 g/mol. The van der Waals surface area contributed by atoms with E-state index in [1.807, 2.05) is 37.3 Å². The fraction of sp³-hybridized carbons (Fsp3) is 0.375. The number of H-pyrrole nitrogens is 1. The van der Waals surface area contributed by atoms with E-state index in [0.29, 0.717) is 54.0 Å². The molecule has 0 aliphatic carbocycles. The molecule has 9 nitrogen and oxygen atoms in total. The molecule has 1 N–H and O–H groups in total. The third-order valence-corrected chi connectivity index (χ3v) is 6.09. The Kier molecular flexibility index (Phi) is 5.74. The zero-order valence-electron chi connectivity index (χ0n) is 18.7. The van der Waals surface area contributed by atoms with Gasteiger partial charge in [-0.2, -0.15) is 0 Å². The van der Waals surface area contributed by atoms with Crippen LogP contribution in [0.25, 0.3) is 22.0 Å². The first-order valence-electron chi connectivity index (χ1n) is 11.0. The van der Waals surface area contributed by atoms with Crippen LogP contribution < -0.4 is 16.2 Å². The highest BCUT2D eigenvalue weighted by Crippen LogP contribution is 2.22. The van der Waals surface area contributed by atoms with E-state index in [-0.39, 0.29) is 11.7 Å². The second-order valence-electron chi connectivity index (χ2n) is 8.31. The quantitative estimate of drug-likeness (QED) is 0.481. The Balaban J connectivity index is 1.39. The Labute approximate surface area is 189 Å². The van der Waals surface area contributed by atoms with Crippen molar-refractivity contribution in [3.8, 4) is 0 Å². The number of aryl methyl sites for hydroxylation is 2. The topological polar surface area (TPSA) is 103 Å². The molecule has 5 rings (SSSR count). The van der Waals surface area contributed by atoms with Crippen molar-refractivity contribution in [2.75, 3.05) is 38.3 Å². The number of benzene rings is 2. The van der Waals surface area contributed by atoms with Crippen molar-refractivity contribution < 1.29 is 13.9 Å². The largest absolute Gasteiger partial charge is 0.417 e. The van der Waals surface area contributed by atoms with Gasteiger partial charge in [0.15, 0.2) is 5.58 Å². The number of oxazole rings is 1. The highest BCUT2D eigenvalue weighted by Gasteiger charge is 2.21. The van der Waals surface area contributed by atoms with Crippen molar-refractivity contribution in [2.45, 2.75) is 26.0 Å². The molecule has 2 aromatic heterocycles. The molecule has 0 radical (unpaired) electrons. The Morgan fingerprint density at radius 1 is 1.21 bits per heavy atom. The van der Waals surface area contributed by atoms with Crippen LogP contribution in [0.1, 0.15) is 11.4 Å². The molecule has 1 saturated heterocycles. The van der Waals surface area contributed by atoms with Gasteiger partial charge < -0.3 is 18.8 Å². The summed E-state index contributed by atoms with van der Waals surface area (Å²) in [4.78, 5) is 34.2. The first kappa shape index (κ1) is 21.4. The fourth-order valence-corrected chi connectivity index (χ4v) is 4.42. The molecule has 172 valence electrons. The molecule has 1 aliphatic heterocycles. The second-order valence-corrected chi connectivity index (χ2v) is 8.31. The molecule has 33 heavy (non-hydrogen) atoms. The molecule has 1 aliphatic rings. The lowest BCUT2D eigenvalue weighted by atomic mass is 10.1. The van der Waals surface area contributed by atoms with Crippen molar-refractivity contribution in [3.63, 3.8) is 0 Å². The number of aromatic nitrogens is 3. The summed E-state index contributed by atoms with van der Waals surface area (Å²) in [7, 11) is 1.67. The summed E-state index contributed by atoms with van der Waals surface area (Å²) in [5.41, 5.74) is 3.84. The van der Waals surface area contributed by atoms with E-state index in [2.05, 4.69) is 9.88 Å². The van der Waals surface area contributed by atoms with Crippen LogP contribution in [0.15, 0.2) is 50.4 Å². The zero-order chi connectivity index (χ0) is 22.9.